The Balaban J connectivity index is 0.893. The van der Waals surface area contributed by atoms with E-state index in [-0.39, 0.29) is 21.7 Å². The van der Waals surface area contributed by atoms with Gasteiger partial charge in [0.25, 0.3) is 0 Å². The normalized spacial score (nSPS) is 14.1. The first-order valence-corrected chi connectivity index (χ1v) is 36.0. The molecule has 6 nitrogen and oxygen atoms in total. The molecule has 0 spiro atoms. The van der Waals surface area contributed by atoms with E-state index in [1.807, 2.05) is 45.3 Å². The van der Waals surface area contributed by atoms with E-state index in [0.29, 0.717) is 0 Å². The molecule has 0 saturated heterocycles. The maximum atomic E-state index is 5.54. The van der Waals surface area contributed by atoms with Crippen LogP contribution in [0.1, 0.15) is 165 Å². The van der Waals surface area contributed by atoms with Crippen LogP contribution in [-0.2, 0) is 47.3 Å². The molecule has 12 heteroatoms. The summed E-state index contributed by atoms with van der Waals surface area (Å²) in [6, 6.07) is 50.8. The van der Waals surface area contributed by atoms with Gasteiger partial charge >= 0.3 is 0 Å². The predicted molar refractivity (Wildman–Crippen MR) is 373 cm³/mol. The molecule has 0 radical (unpaired) electrons. The second-order valence-electron chi connectivity index (χ2n) is 26.1. The van der Waals surface area contributed by atoms with Crippen LogP contribution < -0.4 is 0 Å². The van der Waals surface area contributed by atoms with Crippen LogP contribution in [0.4, 0.5) is 0 Å². The van der Waals surface area contributed by atoms with Crippen LogP contribution >= 0.6 is 68.8 Å². The lowest BCUT2D eigenvalue weighted by atomic mass is 9.70. The topological polar surface area (TPSA) is 77.3 Å². The van der Waals surface area contributed by atoms with Crippen molar-refractivity contribution in [3.05, 3.63) is 212 Å². The second-order valence-corrected chi connectivity index (χ2v) is 31.3. The summed E-state index contributed by atoms with van der Waals surface area (Å²) in [5.41, 5.74) is 21.3. The van der Waals surface area contributed by atoms with Gasteiger partial charge < -0.3 is 0 Å². The van der Waals surface area contributed by atoms with Crippen molar-refractivity contribution < 1.29 is 0 Å². The van der Waals surface area contributed by atoms with Crippen molar-refractivity contribution in [2.45, 2.75) is 161 Å². The Morgan fingerprint density at radius 2 is 0.851 bits per heavy atom. The van der Waals surface area contributed by atoms with Crippen LogP contribution in [0.2, 0.25) is 0 Å². The minimum atomic E-state index is -0.290. The summed E-state index contributed by atoms with van der Waals surface area (Å²) < 4.78 is 20.4. The van der Waals surface area contributed by atoms with Gasteiger partial charge in [-0.05, 0) is 158 Å². The van der Waals surface area contributed by atoms with Crippen molar-refractivity contribution in [2.75, 3.05) is 0 Å². The molecule has 0 unspecified atom stereocenters. The number of aromatic nitrogens is 6. The second kappa shape index (κ2) is 23.5. The molecule has 8 aromatic heterocycles. The summed E-state index contributed by atoms with van der Waals surface area (Å²) in [6.07, 6.45) is 17.9. The molecule has 14 rings (SSSR count). The Morgan fingerprint density at radius 1 is 0.425 bits per heavy atom. The van der Waals surface area contributed by atoms with Gasteiger partial charge in [-0.1, -0.05) is 181 Å². The van der Waals surface area contributed by atoms with Gasteiger partial charge in [0, 0.05) is 63.6 Å². The van der Waals surface area contributed by atoms with Crippen molar-refractivity contribution in [3.63, 3.8) is 0 Å². The molecule has 87 heavy (non-hydrogen) atoms. The number of thiophene rings is 4. The summed E-state index contributed by atoms with van der Waals surface area (Å²) >= 11 is 10.4. The van der Waals surface area contributed by atoms with Gasteiger partial charge in [0.05, 0.1) is 33.2 Å². The lowest BCUT2D eigenvalue weighted by molar-refractivity contribution is 0.446. The minimum Gasteiger partial charge on any atom is -0.253 e. The zero-order valence-corrected chi connectivity index (χ0v) is 56.1. The number of fused-ring (bicyclic) bond motifs is 8. The Hall–Kier alpha value is -6.38. The molecule has 0 saturated carbocycles. The van der Waals surface area contributed by atoms with Gasteiger partial charge in [0.2, 0.25) is 0 Å². The fourth-order valence-corrected chi connectivity index (χ4v) is 20.6. The van der Waals surface area contributed by atoms with E-state index in [9.17, 15) is 0 Å². The highest BCUT2D eigenvalue weighted by Gasteiger charge is 2.48. The van der Waals surface area contributed by atoms with Gasteiger partial charge in [-0.25, -0.2) is 0 Å². The van der Waals surface area contributed by atoms with Crippen LogP contribution in [0.15, 0.2) is 146 Å². The molecule has 4 aromatic carbocycles. The molecule has 440 valence electrons. The van der Waals surface area contributed by atoms with Gasteiger partial charge in [0.1, 0.15) is 33.5 Å². The fourth-order valence-electron chi connectivity index (χ4n) is 13.9. The fraction of sp³-hybridized carbons (Fsp3) is 0.333. The molecule has 2 aliphatic carbocycles. The van der Waals surface area contributed by atoms with Crippen molar-refractivity contribution in [2.24, 2.45) is 0 Å². The molecule has 0 fully saturated rings. The van der Waals surface area contributed by atoms with Crippen LogP contribution in [-0.4, -0.2) is 27.5 Å². The standard InChI is InChI=1S/C75H74N6S6/c1-9-11-18-35-73(7,8)57-45-77-65(67-63(57)79-87-81-67)60-42-55-69(84-60)68-54(74(55,38-33-50-27-23-46(3)24-28-50)39-34-51-29-25-47(4)26-30-51)41-59(83-68)64-66-62(78-86-80-66)52(44-76-64)58-40-53-70(82-58)71-56(43-61(85-71)72(5,6)10-2)75(53,36-31-48-19-14-12-15-20-48)37-32-49-21-16-13-17-22-49/h12-17,19-30,40-45H,9-11,18,31-39H2,1-8H3. The Labute approximate surface area is 537 Å². The number of pyridine rings is 2. The zero-order chi connectivity index (χ0) is 59.7. The third kappa shape index (κ3) is 10.6. The molecule has 12 aromatic rings. The van der Waals surface area contributed by atoms with E-state index in [2.05, 4.69) is 201 Å². The number of rotatable bonds is 22. The van der Waals surface area contributed by atoms with Crippen LogP contribution in [0.25, 0.3) is 73.2 Å². The maximum Gasteiger partial charge on any atom is 0.132 e. The average molecular weight is 1250 g/mol. The summed E-state index contributed by atoms with van der Waals surface area (Å²) in [5.74, 6) is 0. The summed E-state index contributed by atoms with van der Waals surface area (Å²) in [6.45, 7) is 18.5. The van der Waals surface area contributed by atoms with Crippen LogP contribution in [0.5, 0.6) is 0 Å². The molecular weight excluding hydrogens is 1180 g/mol. The Bertz CT molecular complexity index is 4340. The van der Waals surface area contributed by atoms with Gasteiger partial charge in [-0.2, -0.15) is 17.5 Å². The van der Waals surface area contributed by atoms with Crippen molar-refractivity contribution in [1.82, 2.24) is 27.5 Å². The van der Waals surface area contributed by atoms with Crippen LogP contribution in [0, 0.1) is 13.8 Å². The number of unbranched alkanes of at least 4 members (excludes halogenated alkanes) is 2. The highest BCUT2D eigenvalue weighted by atomic mass is 32.1. The Morgan fingerprint density at radius 3 is 1.36 bits per heavy atom. The first-order chi connectivity index (χ1) is 42.3. The van der Waals surface area contributed by atoms with E-state index in [1.54, 1.807) is 0 Å². The van der Waals surface area contributed by atoms with E-state index in [1.165, 1.54) is 133 Å². The van der Waals surface area contributed by atoms with Crippen molar-refractivity contribution in [1.29, 1.82) is 0 Å². The largest absolute Gasteiger partial charge is 0.253 e. The van der Waals surface area contributed by atoms with Gasteiger partial charge in [-0.15, -0.1) is 45.3 Å². The summed E-state index contributed by atoms with van der Waals surface area (Å²) in [5, 5.41) is 0. The summed E-state index contributed by atoms with van der Waals surface area (Å²) in [7, 11) is 0. The van der Waals surface area contributed by atoms with Crippen LogP contribution in [0.3, 0.4) is 0 Å². The first kappa shape index (κ1) is 58.3. The highest BCUT2D eigenvalue weighted by Crippen LogP contribution is 2.64. The van der Waals surface area contributed by atoms with Gasteiger partial charge in [0.15, 0.2) is 0 Å². The Kier molecular flexibility index (Phi) is 15.8. The molecular formula is C75H74N6S6. The minimum absolute atomic E-state index is 0.0644. The molecule has 0 bridgehead atoms. The average Bonchev–Trinajstić information content (AvgIpc) is 2.35. The molecule has 8 heterocycles. The van der Waals surface area contributed by atoms with Gasteiger partial charge in [-0.3, -0.25) is 9.97 Å². The third-order valence-corrected chi connectivity index (χ3v) is 26.0. The maximum absolute atomic E-state index is 5.54. The number of aryl methyl sites for hydroxylation is 6. The van der Waals surface area contributed by atoms with E-state index >= 15 is 0 Å². The SMILES string of the molecule is CCCCCC(C)(C)c1cnc(-c2cc3c(s2)-c2sc(-c4ncc(-c5cc6c(s5)-c5sc(C(C)(C)CC)cc5C6(CCc5ccccc5)CCc5ccccc5)c5nsnc45)cc2C3(CCc2ccc(C)cc2)CCc2ccc(C)cc2)c2nsnc12. The van der Waals surface area contributed by atoms with E-state index in [4.69, 9.17) is 27.5 Å². The quantitative estimate of drug-likeness (QED) is 0.0629. The molecule has 0 atom stereocenters. The lowest BCUT2D eigenvalue weighted by Crippen LogP contribution is -2.27. The number of nitrogens with zero attached hydrogens (tertiary/aromatic N) is 6. The smallest absolute Gasteiger partial charge is 0.132 e. The summed E-state index contributed by atoms with van der Waals surface area (Å²) in [4.78, 5) is 21.5. The highest BCUT2D eigenvalue weighted by molar-refractivity contribution is 7.26. The molecule has 0 aliphatic heterocycles. The van der Waals surface area contributed by atoms with E-state index in [0.717, 1.165) is 113 Å². The van der Waals surface area contributed by atoms with Crippen molar-refractivity contribution >= 4 is 90.9 Å². The van der Waals surface area contributed by atoms with E-state index < -0.39 is 0 Å². The van der Waals surface area contributed by atoms with Crippen molar-refractivity contribution in [3.8, 4) is 51.1 Å². The molecule has 0 amide bonds. The third-order valence-electron chi connectivity index (χ3n) is 19.7. The number of benzene rings is 4. The number of hydrogen-bond acceptors (Lipinski definition) is 12. The number of hydrogen-bond donors (Lipinski definition) is 0. The molecule has 2 aliphatic rings. The first-order valence-electron chi connectivity index (χ1n) is 31.3. The zero-order valence-electron chi connectivity index (χ0n) is 51.2. The molecule has 0 N–H and O–H groups in total. The monoisotopic (exact) mass is 1250 g/mol. The lowest BCUT2D eigenvalue weighted by Gasteiger charge is -2.32. The predicted octanol–water partition coefficient (Wildman–Crippen LogP) is 22.0.